The van der Waals surface area contributed by atoms with Crippen molar-refractivity contribution < 1.29 is 0 Å². The van der Waals surface area contributed by atoms with Crippen molar-refractivity contribution in [3.05, 3.63) is 74.9 Å². The number of nitrogens with one attached hydrogen (secondary N) is 1. The Balaban J connectivity index is 1.72. The molecule has 0 aliphatic rings. The number of rotatable bonds is 4. The van der Waals surface area contributed by atoms with Crippen LogP contribution in [0.2, 0.25) is 10.0 Å². The average molecular weight is 334 g/mol. The first-order valence-corrected chi connectivity index (χ1v) is 8.18. The van der Waals surface area contributed by atoms with Gasteiger partial charge in [-0.3, -0.25) is 0 Å². The molecule has 1 nitrogen and oxygen atoms in total. The van der Waals surface area contributed by atoms with Gasteiger partial charge < -0.3 is 5.32 Å². The van der Waals surface area contributed by atoms with Crippen LogP contribution in [-0.2, 0) is 6.54 Å². The summed E-state index contributed by atoms with van der Waals surface area (Å²) in [4.78, 5) is 1.25. The molecule has 3 aromatic rings. The van der Waals surface area contributed by atoms with Crippen molar-refractivity contribution in [1.29, 1.82) is 0 Å². The summed E-state index contributed by atoms with van der Waals surface area (Å²) in [6.45, 7) is 0.734. The number of hydrogen-bond acceptors (Lipinski definition) is 2. The Labute approximate surface area is 138 Å². The van der Waals surface area contributed by atoms with Crippen LogP contribution in [0.15, 0.2) is 60.0 Å². The van der Waals surface area contributed by atoms with Gasteiger partial charge in [0.1, 0.15) is 0 Å². The molecule has 0 radical (unpaired) electrons. The van der Waals surface area contributed by atoms with Crippen LogP contribution >= 0.6 is 34.5 Å². The van der Waals surface area contributed by atoms with Crippen molar-refractivity contribution in [3.8, 4) is 11.1 Å². The Morgan fingerprint density at radius 1 is 0.905 bits per heavy atom. The lowest BCUT2D eigenvalue weighted by molar-refractivity contribution is 1.19. The molecule has 0 saturated heterocycles. The molecule has 0 fully saturated rings. The summed E-state index contributed by atoms with van der Waals surface area (Å²) < 4.78 is 0. The maximum absolute atomic E-state index is 6.15. The number of anilines is 1. The van der Waals surface area contributed by atoms with Crippen molar-refractivity contribution >= 4 is 40.2 Å². The Hall–Kier alpha value is -1.48. The van der Waals surface area contributed by atoms with Crippen LogP contribution in [0.4, 0.5) is 5.69 Å². The van der Waals surface area contributed by atoms with Crippen LogP contribution in [0.25, 0.3) is 11.1 Å². The first-order valence-electron chi connectivity index (χ1n) is 6.54. The SMILES string of the molecule is Clc1ccc(Cl)c(NCc2cc(-c3ccccc3)cs2)c1. The second-order valence-corrected chi connectivity index (χ2v) is 6.48. The van der Waals surface area contributed by atoms with Crippen LogP contribution in [0, 0.1) is 0 Å². The number of hydrogen-bond donors (Lipinski definition) is 1. The molecular weight excluding hydrogens is 321 g/mol. The van der Waals surface area contributed by atoms with Crippen molar-refractivity contribution in [2.45, 2.75) is 6.54 Å². The van der Waals surface area contributed by atoms with Crippen LogP contribution in [0.3, 0.4) is 0 Å². The fourth-order valence-corrected chi connectivity index (χ4v) is 3.26. The lowest BCUT2D eigenvalue weighted by atomic mass is 10.1. The Morgan fingerprint density at radius 2 is 1.71 bits per heavy atom. The van der Waals surface area contributed by atoms with Gasteiger partial charge in [-0.25, -0.2) is 0 Å². The molecule has 0 spiro atoms. The topological polar surface area (TPSA) is 12.0 Å². The molecule has 0 bridgehead atoms. The minimum Gasteiger partial charge on any atom is -0.379 e. The summed E-state index contributed by atoms with van der Waals surface area (Å²) >= 11 is 13.9. The number of benzene rings is 2. The lowest BCUT2D eigenvalue weighted by Crippen LogP contribution is -1.97. The highest BCUT2D eigenvalue weighted by Gasteiger charge is 2.04. The van der Waals surface area contributed by atoms with Gasteiger partial charge in [0.2, 0.25) is 0 Å². The van der Waals surface area contributed by atoms with Crippen molar-refractivity contribution in [2.75, 3.05) is 5.32 Å². The van der Waals surface area contributed by atoms with Crippen LogP contribution < -0.4 is 5.32 Å². The molecule has 1 aromatic heterocycles. The average Bonchev–Trinajstić information content (AvgIpc) is 2.98. The van der Waals surface area contributed by atoms with E-state index in [1.807, 2.05) is 12.1 Å². The molecule has 0 unspecified atom stereocenters. The summed E-state index contributed by atoms with van der Waals surface area (Å²) in [7, 11) is 0. The number of thiophene rings is 1. The first kappa shape index (κ1) is 14.5. The highest BCUT2D eigenvalue weighted by atomic mass is 35.5. The van der Waals surface area contributed by atoms with Gasteiger partial charge in [-0.2, -0.15) is 0 Å². The largest absolute Gasteiger partial charge is 0.379 e. The van der Waals surface area contributed by atoms with Crippen LogP contribution in [0.1, 0.15) is 4.88 Å². The van der Waals surface area contributed by atoms with Crippen molar-refractivity contribution in [2.24, 2.45) is 0 Å². The molecule has 0 amide bonds. The first-order chi connectivity index (χ1) is 10.2. The van der Waals surface area contributed by atoms with Gasteiger partial charge in [-0.1, -0.05) is 53.5 Å². The zero-order chi connectivity index (χ0) is 14.7. The molecule has 1 N–H and O–H groups in total. The second-order valence-electron chi connectivity index (χ2n) is 4.65. The van der Waals surface area contributed by atoms with E-state index in [1.54, 1.807) is 23.5 Å². The molecular formula is C17H13Cl2NS. The zero-order valence-corrected chi connectivity index (χ0v) is 13.5. The Morgan fingerprint density at radius 3 is 2.52 bits per heavy atom. The van der Waals surface area contributed by atoms with E-state index in [4.69, 9.17) is 23.2 Å². The van der Waals surface area contributed by atoms with E-state index in [2.05, 4.69) is 41.0 Å². The summed E-state index contributed by atoms with van der Waals surface area (Å²) in [5, 5.41) is 6.86. The molecule has 4 heteroatoms. The predicted molar refractivity (Wildman–Crippen MR) is 93.5 cm³/mol. The summed E-state index contributed by atoms with van der Waals surface area (Å²) in [5.41, 5.74) is 3.34. The molecule has 0 atom stereocenters. The zero-order valence-electron chi connectivity index (χ0n) is 11.1. The molecule has 1 heterocycles. The highest BCUT2D eigenvalue weighted by Crippen LogP contribution is 2.28. The minimum atomic E-state index is 0.679. The van der Waals surface area contributed by atoms with Crippen molar-refractivity contribution in [3.63, 3.8) is 0 Å². The van der Waals surface area contributed by atoms with E-state index in [9.17, 15) is 0 Å². The van der Waals surface area contributed by atoms with Gasteiger partial charge in [0.15, 0.2) is 0 Å². The third-order valence-corrected chi connectivity index (χ3v) is 4.64. The Kier molecular flexibility index (Phi) is 4.49. The molecule has 2 aromatic carbocycles. The fourth-order valence-electron chi connectivity index (χ4n) is 2.07. The highest BCUT2D eigenvalue weighted by molar-refractivity contribution is 7.10. The van der Waals surface area contributed by atoms with Gasteiger partial charge in [-0.15, -0.1) is 11.3 Å². The number of halogens is 2. The standard InChI is InChI=1S/C17H13Cl2NS/c18-14-6-7-16(19)17(9-14)20-10-15-8-13(11-21-15)12-4-2-1-3-5-12/h1-9,11,20H,10H2. The lowest BCUT2D eigenvalue weighted by Gasteiger charge is -2.07. The summed E-state index contributed by atoms with van der Waals surface area (Å²) in [6.07, 6.45) is 0. The Bertz CT molecular complexity index is 738. The van der Waals surface area contributed by atoms with Gasteiger partial charge >= 0.3 is 0 Å². The minimum absolute atomic E-state index is 0.679. The molecule has 106 valence electrons. The summed E-state index contributed by atoms with van der Waals surface area (Å²) in [6, 6.07) is 18.0. The normalized spacial score (nSPS) is 10.6. The van der Waals surface area contributed by atoms with E-state index in [1.165, 1.54) is 16.0 Å². The molecule has 3 rings (SSSR count). The molecule has 0 aliphatic heterocycles. The van der Waals surface area contributed by atoms with Gasteiger partial charge in [0.05, 0.1) is 10.7 Å². The maximum Gasteiger partial charge on any atom is 0.0638 e. The fraction of sp³-hybridized carbons (Fsp3) is 0.0588. The molecule has 21 heavy (non-hydrogen) atoms. The van der Waals surface area contributed by atoms with Crippen molar-refractivity contribution in [1.82, 2.24) is 0 Å². The third kappa shape index (κ3) is 3.59. The smallest absolute Gasteiger partial charge is 0.0638 e. The van der Waals surface area contributed by atoms with Gasteiger partial charge in [0, 0.05) is 16.4 Å². The van der Waals surface area contributed by atoms with Crippen LogP contribution in [-0.4, -0.2) is 0 Å². The van der Waals surface area contributed by atoms with E-state index in [-0.39, 0.29) is 0 Å². The predicted octanol–water partition coefficient (Wildman–Crippen LogP) is 6.33. The molecule has 0 saturated carbocycles. The monoisotopic (exact) mass is 333 g/mol. The van der Waals surface area contributed by atoms with E-state index >= 15 is 0 Å². The van der Waals surface area contributed by atoms with E-state index in [0.29, 0.717) is 10.0 Å². The molecule has 0 aliphatic carbocycles. The summed E-state index contributed by atoms with van der Waals surface area (Å²) in [5.74, 6) is 0. The van der Waals surface area contributed by atoms with E-state index in [0.717, 1.165) is 12.2 Å². The van der Waals surface area contributed by atoms with Crippen LogP contribution in [0.5, 0.6) is 0 Å². The van der Waals surface area contributed by atoms with Gasteiger partial charge in [0.25, 0.3) is 0 Å². The quantitative estimate of drug-likeness (QED) is 0.587. The second kappa shape index (κ2) is 6.52. The van der Waals surface area contributed by atoms with E-state index < -0.39 is 0 Å². The maximum atomic E-state index is 6.15. The third-order valence-electron chi connectivity index (χ3n) is 3.14. The van der Waals surface area contributed by atoms with Gasteiger partial charge in [-0.05, 0) is 40.8 Å².